The van der Waals surface area contributed by atoms with Gasteiger partial charge in [0.2, 0.25) is 0 Å². The van der Waals surface area contributed by atoms with Gasteiger partial charge >= 0.3 is 6.09 Å². The summed E-state index contributed by atoms with van der Waals surface area (Å²) in [7, 11) is 0. The molecule has 1 heterocycles. The third-order valence-corrected chi connectivity index (χ3v) is 4.44. The van der Waals surface area contributed by atoms with Crippen LogP contribution in [0.5, 0.6) is 0 Å². The van der Waals surface area contributed by atoms with Crippen molar-refractivity contribution in [2.75, 3.05) is 6.54 Å². The van der Waals surface area contributed by atoms with E-state index in [4.69, 9.17) is 9.26 Å². The predicted molar refractivity (Wildman–Crippen MR) is 93.5 cm³/mol. The van der Waals surface area contributed by atoms with Gasteiger partial charge in [0.05, 0.1) is 5.54 Å². The van der Waals surface area contributed by atoms with Gasteiger partial charge in [-0.15, -0.1) is 0 Å². The van der Waals surface area contributed by atoms with Gasteiger partial charge in [-0.05, 0) is 46.5 Å². The summed E-state index contributed by atoms with van der Waals surface area (Å²) < 4.78 is 10.5. The van der Waals surface area contributed by atoms with Crippen LogP contribution in [0.3, 0.4) is 0 Å². The number of nitrogens with one attached hydrogen (secondary N) is 2. The van der Waals surface area contributed by atoms with E-state index >= 15 is 0 Å². The number of amides is 2. The summed E-state index contributed by atoms with van der Waals surface area (Å²) in [4.78, 5) is 24.4. The van der Waals surface area contributed by atoms with Crippen LogP contribution in [0.1, 0.15) is 82.5 Å². The Morgan fingerprint density at radius 2 is 1.92 bits per heavy atom. The second kappa shape index (κ2) is 7.45. The van der Waals surface area contributed by atoms with Crippen LogP contribution in [0.15, 0.2) is 10.6 Å². The Labute approximate surface area is 148 Å². The number of alkyl carbamates (subject to hydrolysis) is 1. The summed E-state index contributed by atoms with van der Waals surface area (Å²) in [6.07, 6.45) is 3.01. The number of carbonyl (C=O) groups excluding carboxylic acids is 2. The van der Waals surface area contributed by atoms with Gasteiger partial charge in [0.15, 0.2) is 5.69 Å². The third kappa shape index (κ3) is 5.47. The molecule has 25 heavy (non-hydrogen) atoms. The molecular weight excluding hydrogens is 322 g/mol. The molecule has 1 aromatic heterocycles. The van der Waals surface area contributed by atoms with Gasteiger partial charge in [-0.2, -0.15) is 0 Å². The number of nitrogens with zero attached hydrogens (tertiary/aromatic N) is 1. The molecule has 0 saturated heterocycles. The van der Waals surface area contributed by atoms with Crippen molar-refractivity contribution in [3.8, 4) is 0 Å². The van der Waals surface area contributed by atoms with E-state index in [9.17, 15) is 9.59 Å². The van der Waals surface area contributed by atoms with E-state index in [2.05, 4.69) is 15.8 Å². The molecule has 1 saturated carbocycles. The van der Waals surface area contributed by atoms with E-state index in [-0.39, 0.29) is 18.1 Å². The Kier molecular flexibility index (Phi) is 5.75. The van der Waals surface area contributed by atoms with Crippen molar-refractivity contribution < 1.29 is 18.8 Å². The lowest BCUT2D eigenvalue weighted by atomic mass is 9.92. The highest BCUT2D eigenvalue weighted by atomic mass is 16.6. The second-order valence-corrected chi connectivity index (χ2v) is 7.69. The fourth-order valence-corrected chi connectivity index (χ4v) is 2.54. The second-order valence-electron chi connectivity index (χ2n) is 7.69. The molecule has 7 heteroatoms. The van der Waals surface area contributed by atoms with Crippen molar-refractivity contribution >= 4 is 12.0 Å². The van der Waals surface area contributed by atoms with Gasteiger partial charge in [-0.25, -0.2) is 4.79 Å². The molecule has 7 nitrogen and oxygen atoms in total. The maximum atomic E-state index is 12.5. The van der Waals surface area contributed by atoms with Crippen LogP contribution in [-0.4, -0.2) is 34.8 Å². The molecule has 2 rings (SSSR count). The average molecular weight is 351 g/mol. The van der Waals surface area contributed by atoms with Crippen molar-refractivity contribution in [2.24, 2.45) is 0 Å². The summed E-state index contributed by atoms with van der Waals surface area (Å²) >= 11 is 0. The van der Waals surface area contributed by atoms with Crippen molar-refractivity contribution in [3.05, 3.63) is 17.5 Å². The standard InChI is InChI=1S/C18H29N3O4/c1-6-18(7-2,11-19-16(23)24-17(3,4)5)20-15(22)13-10-14(25-21-13)12-8-9-12/h10,12H,6-9,11H2,1-5H3,(H,19,23)(H,20,22). The molecule has 0 spiro atoms. The quantitative estimate of drug-likeness (QED) is 0.785. The first-order valence-electron chi connectivity index (χ1n) is 8.94. The summed E-state index contributed by atoms with van der Waals surface area (Å²) in [5.41, 5.74) is -0.841. The number of hydrogen-bond donors (Lipinski definition) is 2. The van der Waals surface area contributed by atoms with E-state index < -0.39 is 17.2 Å². The van der Waals surface area contributed by atoms with E-state index in [1.807, 2.05) is 34.6 Å². The minimum absolute atomic E-state index is 0.283. The molecule has 1 aromatic rings. The summed E-state index contributed by atoms with van der Waals surface area (Å²) in [5, 5.41) is 9.63. The molecule has 1 aliphatic rings. The van der Waals surface area contributed by atoms with Crippen molar-refractivity contribution in [3.63, 3.8) is 0 Å². The minimum atomic E-state index is -0.563. The van der Waals surface area contributed by atoms with Crippen LogP contribution >= 0.6 is 0 Å². The first kappa shape index (κ1) is 19.3. The van der Waals surface area contributed by atoms with Crippen LogP contribution in [0, 0.1) is 0 Å². The molecule has 1 fully saturated rings. The summed E-state index contributed by atoms with van der Waals surface area (Å²) in [6.45, 7) is 9.65. The van der Waals surface area contributed by atoms with Crippen LogP contribution < -0.4 is 10.6 Å². The van der Waals surface area contributed by atoms with Crippen LogP contribution in [0.25, 0.3) is 0 Å². The van der Waals surface area contributed by atoms with Crippen molar-refractivity contribution in [1.29, 1.82) is 0 Å². The maximum absolute atomic E-state index is 12.5. The van der Waals surface area contributed by atoms with Crippen molar-refractivity contribution in [2.45, 2.75) is 77.4 Å². The first-order valence-corrected chi connectivity index (χ1v) is 8.94. The summed E-state index contributed by atoms with van der Waals surface area (Å²) in [5.74, 6) is 0.894. The Balaban J connectivity index is 1.97. The van der Waals surface area contributed by atoms with Gasteiger partial charge < -0.3 is 19.9 Å². The highest BCUT2D eigenvalue weighted by Gasteiger charge is 2.33. The predicted octanol–water partition coefficient (Wildman–Crippen LogP) is 3.37. The normalized spacial score (nSPS) is 14.9. The van der Waals surface area contributed by atoms with Crippen LogP contribution in [0.2, 0.25) is 0 Å². The molecule has 0 atom stereocenters. The molecule has 0 unspecified atom stereocenters. The monoisotopic (exact) mass is 351 g/mol. The van der Waals surface area contributed by atoms with Crippen LogP contribution in [-0.2, 0) is 4.74 Å². The SMILES string of the molecule is CCC(CC)(CNC(=O)OC(C)(C)C)NC(=O)c1cc(C2CC2)on1. The highest BCUT2D eigenvalue weighted by Crippen LogP contribution is 2.40. The number of carbonyl (C=O) groups is 2. The van der Waals surface area contributed by atoms with Gasteiger partial charge in [-0.3, -0.25) is 4.79 Å². The molecule has 2 N–H and O–H groups in total. The van der Waals surface area contributed by atoms with E-state index in [1.165, 1.54) is 0 Å². The Bertz CT molecular complexity index is 610. The Morgan fingerprint density at radius 1 is 1.28 bits per heavy atom. The number of aromatic nitrogens is 1. The first-order chi connectivity index (χ1) is 11.7. The third-order valence-electron chi connectivity index (χ3n) is 4.44. The van der Waals surface area contributed by atoms with Crippen LogP contribution in [0.4, 0.5) is 4.79 Å². The number of rotatable bonds is 7. The molecule has 0 aromatic carbocycles. The largest absolute Gasteiger partial charge is 0.444 e. The molecule has 0 bridgehead atoms. The minimum Gasteiger partial charge on any atom is -0.444 e. The Morgan fingerprint density at radius 3 is 2.44 bits per heavy atom. The van der Waals surface area contributed by atoms with Gasteiger partial charge in [0, 0.05) is 18.5 Å². The molecule has 2 amide bonds. The molecular formula is C18H29N3O4. The molecule has 1 aliphatic carbocycles. The topological polar surface area (TPSA) is 93.5 Å². The lowest BCUT2D eigenvalue weighted by Crippen LogP contribution is -2.55. The average Bonchev–Trinajstić information content (AvgIpc) is 3.27. The van der Waals surface area contributed by atoms with Gasteiger partial charge in [0.25, 0.3) is 5.91 Å². The molecule has 140 valence electrons. The van der Waals surface area contributed by atoms with Crippen molar-refractivity contribution in [1.82, 2.24) is 15.8 Å². The zero-order valence-electron chi connectivity index (χ0n) is 15.8. The fourth-order valence-electron chi connectivity index (χ4n) is 2.54. The number of hydrogen-bond acceptors (Lipinski definition) is 5. The molecule has 0 aliphatic heterocycles. The highest BCUT2D eigenvalue weighted by molar-refractivity contribution is 5.92. The van der Waals surface area contributed by atoms with E-state index in [1.54, 1.807) is 6.07 Å². The maximum Gasteiger partial charge on any atom is 0.407 e. The Hall–Kier alpha value is -2.05. The smallest absolute Gasteiger partial charge is 0.407 e. The lowest BCUT2D eigenvalue weighted by Gasteiger charge is -2.33. The zero-order valence-corrected chi connectivity index (χ0v) is 15.8. The zero-order chi connectivity index (χ0) is 18.7. The number of ether oxygens (including phenoxy) is 1. The van der Waals surface area contributed by atoms with Gasteiger partial charge in [0.1, 0.15) is 11.4 Å². The van der Waals surface area contributed by atoms with E-state index in [0.29, 0.717) is 18.8 Å². The lowest BCUT2D eigenvalue weighted by molar-refractivity contribution is 0.0501. The van der Waals surface area contributed by atoms with E-state index in [0.717, 1.165) is 18.6 Å². The fraction of sp³-hybridized carbons (Fsp3) is 0.722. The summed E-state index contributed by atoms with van der Waals surface area (Å²) in [6, 6.07) is 1.71. The van der Waals surface area contributed by atoms with Gasteiger partial charge in [-0.1, -0.05) is 19.0 Å². The molecule has 0 radical (unpaired) electrons.